The van der Waals surface area contributed by atoms with Gasteiger partial charge in [0.05, 0.1) is 6.10 Å². The number of rotatable bonds is 2. The number of aliphatic hydroxyl groups excluding tert-OH is 1. The predicted molar refractivity (Wildman–Crippen MR) is 71.3 cm³/mol. The third kappa shape index (κ3) is 2.48. The molecule has 2 unspecified atom stereocenters. The third-order valence-electron chi connectivity index (χ3n) is 3.69. The highest BCUT2D eigenvalue weighted by molar-refractivity contribution is 5.96. The normalized spacial score (nSPS) is 21.1. The summed E-state index contributed by atoms with van der Waals surface area (Å²) in [6.07, 6.45) is 0.509. The lowest BCUT2D eigenvalue weighted by Gasteiger charge is -2.19. The second-order valence-electron chi connectivity index (χ2n) is 5.11. The molecule has 0 spiro atoms. The maximum absolute atomic E-state index is 12.4. The van der Waals surface area contributed by atoms with E-state index in [1.54, 1.807) is 24.0 Å². The molecule has 0 aromatic heterocycles. The summed E-state index contributed by atoms with van der Waals surface area (Å²) in [7, 11) is 0. The van der Waals surface area contributed by atoms with Crippen molar-refractivity contribution in [3.05, 3.63) is 29.3 Å². The molecule has 18 heavy (non-hydrogen) atoms. The molecular formula is C14H20N2O2. The van der Waals surface area contributed by atoms with Gasteiger partial charge in [-0.2, -0.15) is 0 Å². The van der Waals surface area contributed by atoms with Gasteiger partial charge in [0.1, 0.15) is 0 Å². The van der Waals surface area contributed by atoms with E-state index in [1.165, 1.54) is 0 Å². The standard InChI is InChI=1S/C14H20N2O2/c1-9-3-4-12(15)7-13(9)14(18)16-6-5-11(8-16)10(2)17/h3-4,7,10-11,17H,5-6,8,15H2,1-2H3. The van der Waals surface area contributed by atoms with E-state index in [9.17, 15) is 9.90 Å². The Hall–Kier alpha value is -1.55. The van der Waals surface area contributed by atoms with Gasteiger partial charge in [0.2, 0.25) is 0 Å². The molecule has 0 radical (unpaired) electrons. The van der Waals surface area contributed by atoms with Crippen molar-refractivity contribution in [2.45, 2.75) is 26.4 Å². The van der Waals surface area contributed by atoms with Crippen LogP contribution in [0.2, 0.25) is 0 Å². The predicted octanol–water partition coefficient (Wildman–Crippen LogP) is 1.42. The zero-order chi connectivity index (χ0) is 13.3. The Labute approximate surface area is 107 Å². The Bertz CT molecular complexity index is 457. The molecular weight excluding hydrogens is 228 g/mol. The summed E-state index contributed by atoms with van der Waals surface area (Å²) in [6, 6.07) is 5.40. The van der Waals surface area contributed by atoms with E-state index in [4.69, 9.17) is 5.73 Å². The van der Waals surface area contributed by atoms with Crippen LogP contribution in [-0.2, 0) is 0 Å². The molecule has 1 fully saturated rings. The summed E-state index contributed by atoms with van der Waals surface area (Å²) >= 11 is 0. The van der Waals surface area contributed by atoms with Gasteiger partial charge in [-0.3, -0.25) is 4.79 Å². The van der Waals surface area contributed by atoms with E-state index in [0.717, 1.165) is 12.0 Å². The van der Waals surface area contributed by atoms with E-state index < -0.39 is 0 Å². The third-order valence-corrected chi connectivity index (χ3v) is 3.69. The second-order valence-corrected chi connectivity index (χ2v) is 5.11. The molecule has 1 aliphatic heterocycles. The number of aliphatic hydroxyl groups is 1. The van der Waals surface area contributed by atoms with Gasteiger partial charge in [0.15, 0.2) is 0 Å². The van der Waals surface area contributed by atoms with E-state index in [-0.39, 0.29) is 17.9 Å². The molecule has 3 N–H and O–H groups in total. The molecule has 1 heterocycles. The van der Waals surface area contributed by atoms with Crippen LogP contribution in [0.5, 0.6) is 0 Å². The van der Waals surface area contributed by atoms with Gasteiger partial charge < -0.3 is 15.7 Å². The number of carbonyl (C=O) groups is 1. The first-order valence-electron chi connectivity index (χ1n) is 6.32. The number of benzene rings is 1. The van der Waals surface area contributed by atoms with E-state index >= 15 is 0 Å². The van der Waals surface area contributed by atoms with Crippen LogP contribution in [0.3, 0.4) is 0 Å². The van der Waals surface area contributed by atoms with Crippen molar-refractivity contribution >= 4 is 11.6 Å². The average molecular weight is 248 g/mol. The lowest BCUT2D eigenvalue weighted by atomic mass is 10.0. The lowest BCUT2D eigenvalue weighted by molar-refractivity contribution is 0.0762. The summed E-state index contributed by atoms with van der Waals surface area (Å²) in [5.41, 5.74) is 7.94. The van der Waals surface area contributed by atoms with Crippen LogP contribution in [0.25, 0.3) is 0 Å². The van der Waals surface area contributed by atoms with Crippen molar-refractivity contribution in [3.63, 3.8) is 0 Å². The van der Waals surface area contributed by atoms with Crippen molar-refractivity contribution in [1.29, 1.82) is 0 Å². The van der Waals surface area contributed by atoms with Gasteiger partial charge in [0, 0.05) is 30.3 Å². The van der Waals surface area contributed by atoms with Crippen molar-refractivity contribution in [2.75, 3.05) is 18.8 Å². The Morgan fingerprint density at radius 1 is 1.56 bits per heavy atom. The van der Waals surface area contributed by atoms with Crippen LogP contribution < -0.4 is 5.73 Å². The number of likely N-dealkylation sites (tertiary alicyclic amines) is 1. The fourth-order valence-corrected chi connectivity index (χ4v) is 2.41. The molecule has 98 valence electrons. The number of amides is 1. The van der Waals surface area contributed by atoms with Crippen molar-refractivity contribution in [2.24, 2.45) is 5.92 Å². The number of anilines is 1. The highest BCUT2D eigenvalue weighted by atomic mass is 16.3. The summed E-state index contributed by atoms with van der Waals surface area (Å²) < 4.78 is 0. The lowest BCUT2D eigenvalue weighted by Crippen LogP contribution is -2.30. The minimum absolute atomic E-state index is 0.0166. The second kappa shape index (κ2) is 4.98. The fourth-order valence-electron chi connectivity index (χ4n) is 2.41. The fraction of sp³-hybridized carbons (Fsp3) is 0.500. The maximum atomic E-state index is 12.4. The van der Waals surface area contributed by atoms with Gasteiger partial charge in [-0.1, -0.05) is 6.07 Å². The van der Waals surface area contributed by atoms with Crippen LogP contribution in [0.1, 0.15) is 29.3 Å². The molecule has 4 heteroatoms. The molecule has 0 saturated carbocycles. The minimum Gasteiger partial charge on any atom is -0.399 e. The summed E-state index contributed by atoms with van der Waals surface area (Å²) in [5, 5.41) is 9.56. The smallest absolute Gasteiger partial charge is 0.254 e. The molecule has 1 aromatic carbocycles. The van der Waals surface area contributed by atoms with Gasteiger partial charge >= 0.3 is 0 Å². The summed E-state index contributed by atoms with van der Waals surface area (Å²) in [6.45, 7) is 5.03. The molecule has 4 nitrogen and oxygen atoms in total. The SMILES string of the molecule is Cc1ccc(N)cc1C(=O)N1CCC(C(C)O)C1. The number of nitrogens with two attached hydrogens (primary N) is 1. The molecule has 0 bridgehead atoms. The number of nitrogens with zero attached hydrogens (tertiary/aromatic N) is 1. The summed E-state index contributed by atoms with van der Waals surface area (Å²) in [4.78, 5) is 14.2. The highest BCUT2D eigenvalue weighted by Gasteiger charge is 2.30. The molecule has 2 atom stereocenters. The first kappa shape index (κ1) is 12.9. The van der Waals surface area contributed by atoms with Gasteiger partial charge in [-0.25, -0.2) is 0 Å². The molecule has 2 rings (SSSR count). The number of hydrogen-bond donors (Lipinski definition) is 2. The van der Waals surface area contributed by atoms with Crippen molar-refractivity contribution < 1.29 is 9.90 Å². The van der Waals surface area contributed by atoms with E-state index in [0.29, 0.717) is 24.3 Å². The zero-order valence-electron chi connectivity index (χ0n) is 10.9. The Balaban J connectivity index is 2.15. The highest BCUT2D eigenvalue weighted by Crippen LogP contribution is 2.23. The van der Waals surface area contributed by atoms with Crippen molar-refractivity contribution in [1.82, 2.24) is 4.90 Å². The number of hydrogen-bond acceptors (Lipinski definition) is 3. The van der Waals surface area contributed by atoms with E-state index in [1.807, 2.05) is 13.0 Å². The van der Waals surface area contributed by atoms with E-state index in [2.05, 4.69) is 0 Å². The van der Waals surface area contributed by atoms with Crippen molar-refractivity contribution in [3.8, 4) is 0 Å². The molecule has 0 aliphatic carbocycles. The van der Waals surface area contributed by atoms with Gasteiger partial charge in [0.25, 0.3) is 5.91 Å². The summed E-state index contributed by atoms with van der Waals surface area (Å²) in [5.74, 6) is 0.207. The van der Waals surface area contributed by atoms with Crippen LogP contribution in [0.15, 0.2) is 18.2 Å². The van der Waals surface area contributed by atoms with Crippen LogP contribution in [0.4, 0.5) is 5.69 Å². The van der Waals surface area contributed by atoms with Gasteiger partial charge in [-0.05, 0) is 38.0 Å². The largest absolute Gasteiger partial charge is 0.399 e. The first-order chi connectivity index (χ1) is 8.49. The average Bonchev–Trinajstić information content (AvgIpc) is 2.81. The number of carbonyl (C=O) groups excluding carboxylic acids is 1. The minimum atomic E-state index is -0.357. The topological polar surface area (TPSA) is 66.6 Å². The van der Waals surface area contributed by atoms with Crippen LogP contribution in [0, 0.1) is 12.8 Å². The Morgan fingerprint density at radius 3 is 2.89 bits per heavy atom. The molecule has 1 amide bonds. The van der Waals surface area contributed by atoms with Crippen LogP contribution >= 0.6 is 0 Å². The number of aryl methyl sites for hydroxylation is 1. The molecule has 1 aliphatic rings. The molecule has 1 saturated heterocycles. The maximum Gasteiger partial charge on any atom is 0.254 e. The zero-order valence-corrected chi connectivity index (χ0v) is 10.9. The quantitative estimate of drug-likeness (QED) is 0.778. The Morgan fingerprint density at radius 2 is 2.28 bits per heavy atom. The monoisotopic (exact) mass is 248 g/mol. The Kier molecular flexibility index (Phi) is 3.57. The first-order valence-corrected chi connectivity index (χ1v) is 6.32. The van der Waals surface area contributed by atoms with Gasteiger partial charge in [-0.15, -0.1) is 0 Å². The molecule has 1 aromatic rings. The van der Waals surface area contributed by atoms with Crippen LogP contribution in [-0.4, -0.2) is 35.1 Å². The number of nitrogen functional groups attached to an aromatic ring is 1.